The van der Waals surface area contributed by atoms with Gasteiger partial charge >= 0.3 is 5.69 Å². The van der Waals surface area contributed by atoms with E-state index in [-0.39, 0.29) is 17.7 Å². The van der Waals surface area contributed by atoms with Crippen LogP contribution >= 0.6 is 46.3 Å². The predicted molar refractivity (Wildman–Crippen MR) is 95.6 cm³/mol. The molecule has 1 aliphatic heterocycles. The number of nitrogens with two attached hydrogens (primary N) is 1. The minimum absolute atomic E-state index is 0.0508. The number of aliphatic hydroxyl groups excluding tert-OH is 1. The minimum atomic E-state index is -3.99. The summed E-state index contributed by atoms with van der Waals surface area (Å²) in [7, 11) is 0. The molecule has 0 saturated carbocycles. The molecular weight excluding hydrogens is 457 g/mol. The molecule has 1 fully saturated rings. The highest BCUT2D eigenvalue weighted by atomic mass is 35.9. The first-order valence-electron chi connectivity index (χ1n) is 6.83. The molecule has 2 rings (SSSR count). The lowest BCUT2D eigenvalue weighted by atomic mass is 10.1. The highest BCUT2D eigenvalue weighted by Gasteiger charge is 2.42. The van der Waals surface area contributed by atoms with Crippen molar-refractivity contribution in [2.75, 3.05) is 18.2 Å². The Bertz CT molecular complexity index is 862. The van der Waals surface area contributed by atoms with Crippen LogP contribution in [-0.4, -0.2) is 39.4 Å². The number of aromatic nitrogens is 2. The summed E-state index contributed by atoms with van der Waals surface area (Å²) in [4.78, 5) is 15.4. The number of ether oxygens (including phenoxy) is 1. The monoisotopic (exact) mass is 469 g/mol. The number of hydrogen-bond donors (Lipinski definition) is 2. The zero-order valence-electron chi connectivity index (χ0n) is 12.7. The Labute approximate surface area is 161 Å². The molecule has 26 heavy (non-hydrogen) atoms. The topological polar surface area (TPSA) is 134 Å². The average molecular weight is 471 g/mol. The molecule has 1 aliphatic rings. The molecule has 0 aromatic carbocycles. The van der Waals surface area contributed by atoms with Crippen molar-refractivity contribution in [2.45, 2.75) is 18.4 Å². The molecule has 146 valence electrons. The fraction of sp³-hybridized carbons (Fsp3) is 0.455. The number of rotatable bonds is 6. The van der Waals surface area contributed by atoms with Gasteiger partial charge in [0.1, 0.15) is 23.9 Å². The van der Waals surface area contributed by atoms with Crippen molar-refractivity contribution in [3.63, 3.8) is 0 Å². The highest BCUT2D eigenvalue weighted by molar-refractivity contribution is 8.14. The van der Waals surface area contributed by atoms with Crippen LogP contribution < -0.4 is 11.4 Å². The lowest BCUT2D eigenvalue weighted by Gasteiger charge is -2.18. The van der Waals surface area contributed by atoms with Crippen LogP contribution in [0.4, 0.5) is 10.2 Å². The second-order valence-electron chi connectivity index (χ2n) is 5.22. The zero-order chi connectivity index (χ0) is 19.7. The first-order chi connectivity index (χ1) is 11.9. The van der Waals surface area contributed by atoms with Crippen LogP contribution in [0, 0.1) is 0 Å². The second-order valence-corrected chi connectivity index (χ2v) is 14.3. The van der Waals surface area contributed by atoms with Gasteiger partial charge in [0, 0.05) is 11.8 Å². The van der Waals surface area contributed by atoms with Crippen LogP contribution in [0.25, 0.3) is 0 Å². The molecule has 1 aromatic heterocycles. The third kappa shape index (κ3) is 5.53. The van der Waals surface area contributed by atoms with Crippen molar-refractivity contribution >= 4 is 52.1 Å². The predicted octanol–water partition coefficient (Wildman–Crippen LogP) is 3.01. The van der Waals surface area contributed by atoms with Crippen LogP contribution in [0.5, 0.6) is 0 Å². The van der Waals surface area contributed by atoms with E-state index in [1.165, 1.54) is 12.3 Å². The van der Waals surface area contributed by atoms with Crippen molar-refractivity contribution in [1.29, 1.82) is 0 Å². The Kier molecular flexibility index (Phi) is 6.97. The molecule has 0 spiro atoms. The zero-order valence-corrected chi connectivity index (χ0v) is 16.8. The number of nitrogens with zero attached hydrogens (tertiary/aromatic N) is 2. The van der Waals surface area contributed by atoms with E-state index in [2.05, 4.69) is 4.98 Å². The van der Waals surface area contributed by atoms with E-state index in [4.69, 9.17) is 48.7 Å². The summed E-state index contributed by atoms with van der Waals surface area (Å²) in [6.45, 7) is -4.55. The molecule has 1 aromatic rings. The number of nitrogen functional groups attached to an aromatic ring is 1. The average Bonchev–Trinajstić information content (AvgIpc) is 2.79. The van der Waals surface area contributed by atoms with E-state index in [0.717, 1.165) is 4.57 Å². The summed E-state index contributed by atoms with van der Waals surface area (Å²) in [5, 5.41) is 10.1. The summed E-state index contributed by atoms with van der Waals surface area (Å²) in [6.07, 6.45) is -2.82. The summed E-state index contributed by atoms with van der Waals surface area (Å²) < 4.78 is 47.7. The molecule has 2 heterocycles. The molecule has 1 saturated heterocycles. The van der Waals surface area contributed by atoms with Crippen LogP contribution in [0.2, 0.25) is 0 Å². The molecule has 0 aliphatic carbocycles. The highest BCUT2D eigenvalue weighted by Crippen LogP contribution is 2.70. The van der Waals surface area contributed by atoms with Gasteiger partial charge in [-0.3, -0.25) is 13.7 Å². The molecule has 15 heteroatoms. The Hall–Kier alpha value is -0.440. The molecule has 1 unspecified atom stereocenters. The van der Waals surface area contributed by atoms with Gasteiger partial charge in [0.15, 0.2) is 6.23 Å². The Morgan fingerprint density at radius 1 is 1.46 bits per heavy atom. The summed E-state index contributed by atoms with van der Waals surface area (Å²) in [5.74, 6) is -4.62. The smallest absolute Gasteiger partial charge is 0.351 e. The largest absolute Gasteiger partial charge is 0.386 e. The quantitative estimate of drug-likeness (QED) is 0.606. The number of halogens is 4. The molecule has 0 radical (unpaired) electrons. The van der Waals surface area contributed by atoms with Crippen molar-refractivity contribution in [3.8, 4) is 0 Å². The third-order valence-electron chi connectivity index (χ3n) is 3.28. The van der Waals surface area contributed by atoms with E-state index < -0.39 is 49.2 Å². The van der Waals surface area contributed by atoms with Crippen LogP contribution in [-0.2, 0) is 18.4 Å². The number of hydrogen-bond acceptors (Lipinski definition) is 8. The van der Waals surface area contributed by atoms with Gasteiger partial charge in [-0.25, -0.2) is 9.18 Å². The van der Waals surface area contributed by atoms with E-state index in [0.29, 0.717) is 0 Å². The Balaban J connectivity index is 2.16. The van der Waals surface area contributed by atoms with Gasteiger partial charge in [-0.15, -0.1) is 0 Å². The first kappa shape index (κ1) is 21.9. The second kappa shape index (κ2) is 8.29. The molecule has 3 N–H and O–H groups in total. The summed E-state index contributed by atoms with van der Waals surface area (Å²) in [5.41, 5.74) is 4.25. The maximum absolute atomic E-state index is 13.2. The van der Waals surface area contributed by atoms with E-state index in [1.807, 2.05) is 0 Å². The van der Waals surface area contributed by atoms with Crippen molar-refractivity contribution in [3.05, 3.63) is 34.7 Å². The molecule has 4 atom stereocenters. The first-order valence-corrected chi connectivity index (χ1v) is 13.3. The lowest BCUT2D eigenvalue weighted by Crippen LogP contribution is -2.28. The lowest BCUT2D eigenvalue weighted by molar-refractivity contribution is -0.0386. The van der Waals surface area contributed by atoms with Crippen molar-refractivity contribution < 1.29 is 27.9 Å². The van der Waals surface area contributed by atoms with Gasteiger partial charge in [0.2, 0.25) is 0 Å². The standard InChI is InChI=1S/C11H13Cl3FN3O6P2/c12-25(13,21)5-26(14,22)23-4-7-9(19)6(3-15)10(24-7)18-2-1-8(16)17-11(18)20/h1-3,7,9-10,19H,4-5H2,(H2,16,17,20)/b6-3+/t7-,9-,10-,26?/m1/s1. The van der Waals surface area contributed by atoms with E-state index >= 15 is 0 Å². The number of aliphatic hydroxyl groups is 1. The van der Waals surface area contributed by atoms with Crippen molar-refractivity contribution in [2.24, 2.45) is 0 Å². The van der Waals surface area contributed by atoms with Gasteiger partial charge in [-0.05, 0) is 39.8 Å². The maximum Gasteiger partial charge on any atom is 0.351 e. The fourth-order valence-electron chi connectivity index (χ4n) is 2.18. The maximum atomic E-state index is 13.2. The van der Waals surface area contributed by atoms with E-state index in [9.17, 15) is 23.4 Å². The van der Waals surface area contributed by atoms with Gasteiger partial charge in [-0.1, -0.05) is 0 Å². The van der Waals surface area contributed by atoms with Crippen LogP contribution in [0.15, 0.2) is 29.0 Å². The van der Waals surface area contributed by atoms with Crippen LogP contribution in [0.1, 0.15) is 6.23 Å². The SMILES string of the molecule is Nc1ccn([C@@H]2O[C@H](COP(=O)(Cl)CP(=O)(Cl)Cl)[C@H](O)/C2=C\F)c(=O)n1. The molecule has 0 amide bonds. The third-order valence-corrected chi connectivity index (χ3v) is 9.66. The van der Waals surface area contributed by atoms with Gasteiger partial charge in [-0.2, -0.15) is 4.98 Å². The molecule has 9 nitrogen and oxygen atoms in total. The van der Waals surface area contributed by atoms with Gasteiger partial charge < -0.3 is 20.1 Å². The van der Waals surface area contributed by atoms with Crippen LogP contribution in [0.3, 0.4) is 0 Å². The Morgan fingerprint density at radius 3 is 2.65 bits per heavy atom. The Morgan fingerprint density at radius 2 is 2.12 bits per heavy atom. The normalized spacial score (nSPS) is 27.6. The minimum Gasteiger partial charge on any atom is -0.386 e. The van der Waals surface area contributed by atoms with Gasteiger partial charge in [0.25, 0.3) is 12.6 Å². The van der Waals surface area contributed by atoms with Crippen molar-refractivity contribution in [1.82, 2.24) is 9.55 Å². The molecule has 0 bridgehead atoms. The fourth-order valence-corrected chi connectivity index (χ4v) is 9.49. The molecular formula is C11H13Cl3FN3O6P2. The van der Waals surface area contributed by atoms with E-state index in [1.54, 1.807) is 0 Å². The van der Waals surface area contributed by atoms with Gasteiger partial charge in [0.05, 0.1) is 12.9 Å². The summed E-state index contributed by atoms with van der Waals surface area (Å²) in [6, 6.07) is 1.28. The summed E-state index contributed by atoms with van der Waals surface area (Å²) >= 11 is 16.2. The number of anilines is 1.